The first-order valence-electron chi connectivity index (χ1n) is 10.1. The fourth-order valence-electron chi connectivity index (χ4n) is 4.60. The summed E-state index contributed by atoms with van der Waals surface area (Å²) < 4.78 is 5.77. The SMILES string of the molecule is O=C(O)Cc1ccc2c(c1)CCN2C(=O)OCC1c2ccccc2-c2ccccc21. The van der Waals surface area contributed by atoms with E-state index in [1.54, 1.807) is 11.0 Å². The molecule has 0 unspecified atom stereocenters. The molecule has 0 spiro atoms. The van der Waals surface area contributed by atoms with Gasteiger partial charge >= 0.3 is 12.1 Å². The number of hydrogen-bond donors (Lipinski definition) is 1. The van der Waals surface area contributed by atoms with Gasteiger partial charge in [0.2, 0.25) is 0 Å². The van der Waals surface area contributed by atoms with E-state index in [1.165, 1.54) is 22.3 Å². The molecule has 1 amide bonds. The highest BCUT2D eigenvalue weighted by Crippen LogP contribution is 2.44. The summed E-state index contributed by atoms with van der Waals surface area (Å²) in [6, 6.07) is 22.0. The van der Waals surface area contributed by atoms with Crippen LogP contribution in [-0.4, -0.2) is 30.3 Å². The van der Waals surface area contributed by atoms with Crippen molar-refractivity contribution in [1.82, 2.24) is 0 Å². The van der Waals surface area contributed by atoms with Crippen molar-refractivity contribution in [2.45, 2.75) is 18.8 Å². The summed E-state index contributed by atoms with van der Waals surface area (Å²) in [5.74, 6) is -0.831. The zero-order valence-corrected chi connectivity index (χ0v) is 16.4. The maximum Gasteiger partial charge on any atom is 0.414 e. The molecule has 0 bridgehead atoms. The number of hydrogen-bond acceptors (Lipinski definition) is 3. The maximum absolute atomic E-state index is 12.9. The first-order valence-corrected chi connectivity index (χ1v) is 10.1. The third-order valence-electron chi connectivity index (χ3n) is 5.95. The zero-order valence-electron chi connectivity index (χ0n) is 16.4. The lowest BCUT2D eigenvalue weighted by atomic mass is 9.98. The van der Waals surface area contributed by atoms with Gasteiger partial charge in [0.15, 0.2) is 0 Å². The number of fused-ring (bicyclic) bond motifs is 4. The van der Waals surface area contributed by atoms with Gasteiger partial charge in [-0.3, -0.25) is 9.69 Å². The number of anilines is 1. The van der Waals surface area contributed by atoms with Gasteiger partial charge in [0.25, 0.3) is 0 Å². The molecule has 150 valence electrons. The van der Waals surface area contributed by atoms with Crippen LogP contribution in [0.1, 0.15) is 28.2 Å². The highest BCUT2D eigenvalue weighted by atomic mass is 16.6. The van der Waals surface area contributed by atoms with Gasteiger partial charge in [-0.15, -0.1) is 0 Å². The van der Waals surface area contributed by atoms with Gasteiger partial charge in [0.05, 0.1) is 12.1 Å². The molecule has 0 atom stereocenters. The Morgan fingerprint density at radius 1 is 0.967 bits per heavy atom. The number of carboxylic acid groups (broad SMARTS) is 1. The highest BCUT2D eigenvalue weighted by Gasteiger charge is 2.31. The standard InChI is InChI=1S/C25H21NO4/c27-24(28)14-16-9-10-23-17(13-16)11-12-26(23)25(29)30-15-22-20-7-3-1-5-18(20)19-6-2-4-8-21(19)22/h1-10,13,22H,11-12,14-15H2,(H,27,28). The zero-order chi connectivity index (χ0) is 20.7. The van der Waals surface area contributed by atoms with Crippen LogP contribution in [0.25, 0.3) is 11.1 Å². The van der Waals surface area contributed by atoms with Crippen molar-refractivity contribution in [2.24, 2.45) is 0 Å². The third-order valence-corrected chi connectivity index (χ3v) is 5.95. The summed E-state index contributed by atoms with van der Waals surface area (Å²) in [5, 5.41) is 8.98. The topological polar surface area (TPSA) is 66.8 Å². The van der Waals surface area contributed by atoms with Crippen molar-refractivity contribution in [3.05, 3.63) is 89.0 Å². The van der Waals surface area contributed by atoms with Crippen molar-refractivity contribution >= 4 is 17.7 Å². The van der Waals surface area contributed by atoms with Crippen LogP contribution in [0.2, 0.25) is 0 Å². The molecule has 1 N–H and O–H groups in total. The molecule has 3 aromatic rings. The lowest BCUT2D eigenvalue weighted by Gasteiger charge is -2.20. The summed E-state index contributed by atoms with van der Waals surface area (Å²) in [6.45, 7) is 0.832. The van der Waals surface area contributed by atoms with Crippen LogP contribution < -0.4 is 4.90 Å². The molecule has 3 aromatic carbocycles. The summed E-state index contributed by atoms with van der Waals surface area (Å²) in [4.78, 5) is 25.4. The lowest BCUT2D eigenvalue weighted by Crippen LogP contribution is -2.30. The van der Waals surface area contributed by atoms with Crippen molar-refractivity contribution in [3.63, 3.8) is 0 Å². The number of amides is 1. The predicted octanol–water partition coefficient (Wildman–Crippen LogP) is 4.63. The van der Waals surface area contributed by atoms with Crippen LogP contribution in [0.5, 0.6) is 0 Å². The number of ether oxygens (including phenoxy) is 1. The van der Waals surface area contributed by atoms with E-state index in [1.807, 2.05) is 36.4 Å². The second-order valence-electron chi connectivity index (χ2n) is 7.74. The molecule has 1 heterocycles. The largest absolute Gasteiger partial charge is 0.481 e. The summed E-state index contributed by atoms with van der Waals surface area (Å²) in [5.41, 5.74) is 7.32. The highest BCUT2D eigenvalue weighted by molar-refractivity contribution is 5.90. The lowest BCUT2D eigenvalue weighted by molar-refractivity contribution is -0.136. The van der Waals surface area contributed by atoms with Crippen LogP contribution in [0.4, 0.5) is 10.5 Å². The monoisotopic (exact) mass is 399 g/mol. The average Bonchev–Trinajstić information content (AvgIpc) is 3.31. The molecule has 1 aliphatic carbocycles. The van der Waals surface area contributed by atoms with E-state index >= 15 is 0 Å². The molecule has 0 fully saturated rings. The van der Waals surface area contributed by atoms with E-state index in [0.717, 1.165) is 16.8 Å². The van der Waals surface area contributed by atoms with Crippen LogP contribution >= 0.6 is 0 Å². The van der Waals surface area contributed by atoms with Gasteiger partial charge in [0.1, 0.15) is 6.61 Å². The molecule has 0 aromatic heterocycles. The molecule has 1 aliphatic heterocycles. The average molecular weight is 399 g/mol. The van der Waals surface area contributed by atoms with E-state index in [0.29, 0.717) is 13.0 Å². The Morgan fingerprint density at radius 2 is 1.63 bits per heavy atom. The predicted molar refractivity (Wildman–Crippen MR) is 114 cm³/mol. The molecule has 0 saturated heterocycles. The number of aliphatic carboxylic acids is 1. The number of carboxylic acids is 1. The molecule has 0 saturated carbocycles. The molecule has 5 rings (SSSR count). The minimum atomic E-state index is -0.860. The van der Waals surface area contributed by atoms with E-state index in [9.17, 15) is 9.59 Å². The van der Waals surface area contributed by atoms with Crippen molar-refractivity contribution in [2.75, 3.05) is 18.1 Å². The Morgan fingerprint density at radius 3 is 2.30 bits per heavy atom. The summed E-state index contributed by atoms with van der Waals surface area (Å²) in [7, 11) is 0. The van der Waals surface area contributed by atoms with Crippen LogP contribution in [0.3, 0.4) is 0 Å². The molecule has 2 aliphatic rings. The first-order chi connectivity index (χ1) is 14.6. The third kappa shape index (κ3) is 3.12. The van der Waals surface area contributed by atoms with Crippen molar-refractivity contribution in [3.8, 4) is 11.1 Å². The molecular weight excluding hydrogens is 378 g/mol. The van der Waals surface area contributed by atoms with E-state index in [-0.39, 0.29) is 25.0 Å². The fraction of sp³-hybridized carbons (Fsp3) is 0.200. The number of carbonyl (C=O) groups is 2. The molecule has 30 heavy (non-hydrogen) atoms. The number of benzene rings is 3. The minimum absolute atomic E-state index is 0.0157. The van der Waals surface area contributed by atoms with Gasteiger partial charge in [-0.2, -0.15) is 0 Å². The quantitative estimate of drug-likeness (QED) is 0.695. The number of nitrogens with zero attached hydrogens (tertiary/aromatic N) is 1. The second-order valence-corrected chi connectivity index (χ2v) is 7.74. The van der Waals surface area contributed by atoms with Crippen molar-refractivity contribution in [1.29, 1.82) is 0 Å². The Kier molecular flexibility index (Phi) is 4.51. The minimum Gasteiger partial charge on any atom is -0.481 e. The smallest absolute Gasteiger partial charge is 0.414 e. The van der Waals surface area contributed by atoms with Gasteiger partial charge in [-0.25, -0.2) is 4.79 Å². The van der Waals surface area contributed by atoms with Gasteiger partial charge in [-0.05, 0) is 45.9 Å². The molecular formula is C25H21NO4. The normalized spacial score (nSPS) is 14.2. The molecule has 5 nitrogen and oxygen atoms in total. The van der Waals surface area contributed by atoms with Crippen LogP contribution in [-0.2, 0) is 22.4 Å². The molecule has 0 radical (unpaired) electrons. The maximum atomic E-state index is 12.9. The van der Waals surface area contributed by atoms with Gasteiger partial charge in [-0.1, -0.05) is 60.7 Å². The Bertz CT molecular complexity index is 1110. The van der Waals surface area contributed by atoms with E-state index < -0.39 is 5.97 Å². The second kappa shape index (κ2) is 7.34. The summed E-state index contributed by atoms with van der Waals surface area (Å²) in [6.07, 6.45) is 0.326. The van der Waals surface area contributed by atoms with E-state index in [2.05, 4.69) is 24.3 Å². The van der Waals surface area contributed by atoms with Crippen LogP contribution in [0.15, 0.2) is 66.7 Å². The van der Waals surface area contributed by atoms with E-state index in [4.69, 9.17) is 9.84 Å². The van der Waals surface area contributed by atoms with Crippen LogP contribution in [0, 0.1) is 0 Å². The first kappa shape index (κ1) is 18.4. The molecule has 5 heteroatoms. The van der Waals surface area contributed by atoms with Gasteiger partial charge < -0.3 is 9.84 Å². The number of rotatable bonds is 4. The number of carbonyl (C=O) groups excluding carboxylic acids is 1. The Balaban J connectivity index is 1.33. The summed E-state index contributed by atoms with van der Waals surface area (Å²) >= 11 is 0. The van der Waals surface area contributed by atoms with Gasteiger partial charge in [0, 0.05) is 12.5 Å². The Hall–Kier alpha value is -3.60. The Labute approximate surface area is 174 Å². The van der Waals surface area contributed by atoms with Crippen molar-refractivity contribution < 1.29 is 19.4 Å². The fourth-order valence-corrected chi connectivity index (χ4v) is 4.60.